The second-order valence-corrected chi connectivity index (χ2v) is 8.44. The molecule has 116 valence electrons. The highest BCUT2D eigenvalue weighted by molar-refractivity contribution is 7.99. The maximum atomic E-state index is 12.7. The first-order valence-electron chi connectivity index (χ1n) is 8.10. The van der Waals surface area contributed by atoms with Crippen LogP contribution in [0.25, 0.3) is 0 Å². The van der Waals surface area contributed by atoms with E-state index in [0.29, 0.717) is 11.8 Å². The summed E-state index contributed by atoms with van der Waals surface area (Å²) in [6, 6.07) is 0.0586. The maximum Gasteiger partial charge on any atom is 0.241 e. The number of carbonyl (C=O) groups excluding carboxylic acids is 1. The molecule has 20 heavy (non-hydrogen) atoms. The number of hydrogen-bond acceptors (Lipinski definition) is 3. The van der Waals surface area contributed by atoms with E-state index in [1.54, 1.807) is 0 Å². The SMILES string of the molecule is CCCC1NC(C2CCCC2)N(CC(C)(C)SC)C1=O. The molecule has 0 radical (unpaired) electrons. The van der Waals surface area contributed by atoms with Gasteiger partial charge in [-0.1, -0.05) is 26.2 Å². The Bertz CT molecular complexity index is 339. The largest absolute Gasteiger partial charge is 0.324 e. The average molecular weight is 298 g/mol. The number of nitrogens with zero attached hydrogens (tertiary/aromatic N) is 1. The van der Waals surface area contributed by atoms with Crippen molar-refractivity contribution in [3.05, 3.63) is 0 Å². The molecule has 3 nitrogen and oxygen atoms in total. The van der Waals surface area contributed by atoms with Gasteiger partial charge in [0.15, 0.2) is 0 Å². The van der Waals surface area contributed by atoms with Crippen molar-refractivity contribution in [2.75, 3.05) is 12.8 Å². The lowest BCUT2D eigenvalue weighted by Gasteiger charge is -2.35. The Labute approximate surface area is 128 Å². The van der Waals surface area contributed by atoms with E-state index in [1.807, 2.05) is 11.8 Å². The third kappa shape index (κ3) is 3.51. The molecule has 2 rings (SSSR count). The Morgan fingerprint density at radius 2 is 2.00 bits per heavy atom. The highest BCUT2D eigenvalue weighted by Crippen LogP contribution is 2.34. The molecule has 0 spiro atoms. The summed E-state index contributed by atoms with van der Waals surface area (Å²) in [4.78, 5) is 14.9. The predicted molar refractivity (Wildman–Crippen MR) is 86.9 cm³/mol. The molecular formula is C16H30N2OS. The summed E-state index contributed by atoms with van der Waals surface area (Å²) >= 11 is 1.85. The summed E-state index contributed by atoms with van der Waals surface area (Å²) in [5.41, 5.74) is 0. The van der Waals surface area contributed by atoms with E-state index in [9.17, 15) is 4.79 Å². The number of carbonyl (C=O) groups is 1. The highest BCUT2D eigenvalue weighted by atomic mass is 32.2. The molecule has 4 heteroatoms. The van der Waals surface area contributed by atoms with Crippen LogP contribution in [0.15, 0.2) is 0 Å². The van der Waals surface area contributed by atoms with Gasteiger partial charge in [0.25, 0.3) is 0 Å². The van der Waals surface area contributed by atoms with Crippen LogP contribution in [0.1, 0.15) is 59.3 Å². The Morgan fingerprint density at radius 3 is 2.55 bits per heavy atom. The van der Waals surface area contributed by atoms with Crippen LogP contribution in [0.4, 0.5) is 0 Å². The van der Waals surface area contributed by atoms with Crippen LogP contribution in [0.2, 0.25) is 0 Å². The lowest BCUT2D eigenvalue weighted by atomic mass is 10.0. The molecule has 1 saturated carbocycles. The second kappa shape index (κ2) is 6.69. The summed E-state index contributed by atoms with van der Waals surface area (Å²) in [6.07, 6.45) is 9.68. The fraction of sp³-hybridized carbons (Fsp3) is 0.938. The average Bonchev–Trinajstić information content (AvgIpc) is 3.02. The Hall–Kier alpha value is -0.220. The van der Waals surface area contributed by atoms with Gasteiger partial charge in [0.1, 0.15) is 0 Å². The van der Waals surface area contributed by atoms with Crippen molar-refractivity contribution in [1.82, 2.24) is 10.2 Å². The quantitative estimate of drug-likeness (QED) is 0.817. The smallest absolute Gasteiger partial charge is 0.241 e. The van der Waals surface area contributed by atoms with Crippen molar-refractivity contribution < 1.29 is 4.79 Å². The van der Waals surface area contributed by atoms with Crippen molar-refractivity contribution in [1.29, 1.82) is 0 Å². The van der Waals surface area contributed by atoms with E-state index < -0.39 is 0 Å². The van der Waals surface area contributed by atoms with Gasteiger partial charge < -0.3 is 4.90 Å². The monoisotopic (exact) mass is 298 g/mol. The third-order valence-corrected chi connectivity index (χ3v) is 6.05. The van der Waals surface area contributed by atoms with Crippen LogP contribution >= 0.6 is 11.8 Å². The molecule has 1 aliphatic carbocycles. The molecule has 1 amide bonds. The summed E-state index contributed by atoms with van der Waals surface area (Å²) in [5.74, 6) is 1.00. The Kier molecular flexibility index (Phi) is 5.41. The predicted octanol–water partition coefficient (Wildman–Crippen LogP) is 3.24. The van der Waals surface area contributed by atoms with Crippen LogP contribution in [0.5, 0.6) is 0 Å². The lowest BCUT2D eigenvalue weighted by Crippen LogP contribution is -2.47. The van der Waals surface area contributed by atoms with E-state index in [0.717, 1.165) is 19.4 Å². The molecule has 2 fully saturated rings. The van der Waals surface area contributed by atoms with Crippen molar-refractivity contribution >= 4 is 17.7 Å². The van der Waals surface area contributed by atoms with Crippen molar-refractivity contribution in [3.8, 4) is 0 Å². The molecule has 0 aromatic heterocycles. The topological polar surface area (TPSA) is 32.3 Å². The molecule has 2 atom stereocenters. The Balaban J connectivity index is 2.11. The van der Waals surface area contributed by atoms with Gasteiger partial charge in [-0.3, -0.25) is 10.1 Å². The molecule has 2 unspecified atom stereocenters. The van der Waals surface area contributed by atoms with Crippen LogP contribution in [-0.2, 0) is 4.79 Å². The van der Waals surface area contributed by atoms with E-state index in [2.05, 4.69) is 37.2 Å². The number of nitrogens with one attached hydrogen (secondary N) is 1. The summed E-state index contributed by atoms with van der Waals surface area (Å²) < 4.78 is 0.134. The number of hydrogen-bond donors (Lipinski definition) is 1. The molecule has 0 aromatic rings. The molecular weight excluding hydrogens is 268 g/mol. The van der Waals surface area contributed by atoms with Crippen molar-refractivity contribution in [2.45, 2.75) is 76.3 Å². The zero-order valence-corrected chi connectivity index (χ0v) is 14.3. The summed E-state index contributed by atoms with van der Waals surface area (Å²) in [5, 5.41) is 3.65. The van der Waals surface area contributed by atoms with Crippen LogP contribution < -0.4 is 5.32 Å². The van der Waals surface area contributed by atoms with Gasteiger partial charge in [0.2, 0.25) is 5.91 Å². The third-order valence-electron chi connectivity index (χ3n) is 4.82. The van der Waals surface area contributed by atoms with Crippen LogP contribution in [0.3, 0.4) is 0 Å². The molecule has 0 bridgehead atoms. The molecule has 0 aromatic carbocycles. The van der Waals surface area contributed by atoms with E-state index in [4.69, 9.17) is 0 Å². The normalized spacial score (nSPS) is 28.6. The summed E-state index contributed by atoms with van der Waals surface area (Å²) in [7, 11) is 0. The molecule has 2 aliphatic rings. The minimum atomic E-state index is 0.0586. The van der Waals surface area contributed by atoms with Crippen molar-refractivity contribution in [3.63, 3.8) is 0 Å². The van der Waals surface area contributed by atoms with Gasteiger partial charge in [0, 0.05) is 11.3 Å². The number of thioether (sulfide) groups is 1. The maximum absolute atomic E-state index is 12.7. The molecule has 1 N–H and O–H groups in total. The number of rotatable bonds is 6. The van der Waals surface area contributed by atoms with Gasteiger partial charge in [-0.25, -0.2) is 0 Å². The molecule has 1 saturated heterocycles. The van der Waals surface area contributed by atoms with E-state index >= 15 is 0 Å². The first-order chi connectivity index (χ1) is 9.48. The van der Waals surface area contributed by atoms with Gasteiger partial charge in [0.05, 0.1) is 12.2 Å². The second-order valence-electron chi connectivity index (χ2n) is 6.93. The first-order valence-corrected chi connectivity index (χ1v) is 9.32. The lowest BCUT2D eigenvalue weighted by molar-refractivity contribution is -0.131. The van der Waals surface area contributed by atoms with Crippen LogP contribution in [0, 0.1) is 5.92 Å². The molecule has 1 heterocycles. The zero-order valence-electron chi connectivity index (χ0n) is 13.4. The fourth-order valence-corrected chi connectivity index (χ4v) is 3.78. The van der Waals surface area contributed by atoms with Gasteiger partial charge in [-0.2, -0.15) is 11.8 Å². The van der Waals surface area contributed by atoms with Crippen LogP contribution in [-0.4, -0.2) is 40.6 Å². The van der Waals surface area contributed by atoms with Gasteiger partial charge in [-0.15, -0.1) is 0 Å². The van der Waals surface area contributed by atoms with Gasteiger partial charge >= 0.3 is 0 Å². The van der Waals surface area contributed by atoms with Crippen molar-refractivity contribution in [2.24, 2.45) is 5.92 Å². The minimum Gasteiger partial charge on any atom is -0.324 e. The minimum absolute atomic E-state index is 0.0586. The number of amides is 1. The van der Waals surface area contributed by atoms with Gasteiger partial charge in [-0.05, 0) is 45.3 Å². The van der Waals surface area contributed by atoms with E-state index in [-0.39, 0.29) is 17.0 Å². The van der Waals surface area contributed by atoms with E-state index in [1.165, 1.54) is 25.7 Å². The standard InChI is InChI=1S/C16H30N2OS/c1-5-8-13-15(19)18(11-16(2,3)20-4)14(17-13)12-9-6-7-10-12/h12-14,17H,5-11H2,1-4H3. The Morgan fingerprint density at radius 1 is 1.35 bits per heavy atom. The zero-order chi connectivity index (χ0) is 14.8. The summed E-state index contributed by atoms with van der Waals surface area (Å²) in [6.45, 7) is 7.50. The first kappa shape index (κ1) is 16.2. The highest BCUT2D eigenvalue weighted by Gasteiger charge is 2.44. The molecule has 1 aliphatic heterocycles. The fourth-order valence-electron chi connectivity index (χ4n) is 3.51.